The first-order valence-corrected chi connectivity index (χ1v) is 6.98. The summed E-state index contributed by atoms with van der Waals surface area (Å²) in [6.07, 6.45) is 2.76. The topological polar surface area (TPSA) is 24.5 Å². The van der Waals surface area contributed by atoms with Crippen molar-refractivity contribution < 1.29 is 4.74 Å². The van der Waals surface area contributed by atoms with E-state index in [1.165, 1.54) is 29.8 Å². The Kier molecular flexibility index (Phi) is 3.16. The van der Waals surface area contributed by atoms with Gasteiger partial charge in [0.25, 0.3) is 0 Å². The van der Waals surface area contributed by atoms with Crippen molar-refractivity contribution in [2.75, 3.05) is 29.9 Å². The Morgan fingerprint density at radius 3 is 3.06 bits per heavy atom. The molecule has 3 heteroatoms. The molecule has 3 nitrogen and oxygen atoms in total. The summed E-state index contributed by atoms with van der Waals surface area (Å²) in [7, 11) is 0. The van der Waals surface area contributed by atoms with Crippen LogP contribution in [0, 0.1) is 0 Å². The van der Waals surface area contributed by atoms with Crippen LogP contribution in [0.3, 0.4) is 0 Å². The molecule has 1 aromatic carbocycles. The van der Waals surface area contributed by atoms with Crippen LogP contribution in [0.4, 0.5) is 11.4 Å². The fraction of sp³-hybridized carbons (Fsp3) is 0.600. The monoisotopic (exact) mass is 246 g/mol. The van der Waals surface area contributed by atoms with Crippen molar-refractivity contribution in [2.24, 2.45) is 0 Å². The predicted octanol–water partition coefficient (Wildman–Crippen LogP) is 2.66. The highest BCUT2D eigenvalue weighted by Crippen LogP contribution is 2.29. The van der Waals surface area contributed by atoms with Crippen molar-refractivity contribution in [3.63, 3.8) is 0 Å². The Labute approximate surface area is 109 Å². The lowest BCUT2D eigenvalue weighted by Crippen LogP contribution is -2.41. The van der Waals surface area contributed by atoms with E-state index in [-0.39, 0.29) is 0 Å². The molecule has 0 aliphatic carbocycles. The zero-order valence-electron chi connectivity index (χ0n) is 11.3. The number of hydrogen-bond donors (Lipinski definition) is 1. The number of aryl methyl sites for hydroxylation is 1. The summed E-state index contributed by atoms with van der Waals surface area (Å²) in [6.45, 7) is 7.25. The zero-order chi connectivity index (χ0) is 12.5. The molecule has 2 atom stereocenters. The minimum atomic E-state index is 0.341. The molecule has 2 unspecified atom stereocenters. The Morgan fingerprint density at radius 1 is 1.33 bits per heavy atom. The number of rotatable bonds is 1. The molecular formula is C15H22N2O. The lowest BCUT2D eigenvalue weighted by atomic mass is 9.98. The number of fused-ring (bicyclic) bond motifs is 1. The van der Waals surface area contributed by atoms with Gasteiger partial charge in [-0.25, -0.2) is 0 Å². The highest BCUT2D eigenvalue weighted by atomic mass is 16.5. The minimum Gasteiger partial charge on any atom is -0.382 e. The van der Waals surface area contributed by atoms with Gasteiger partial charge in [0, 0.05) is 30.5 Å². The smallest absolute Gasteiger partial charge is 0.0722 e. The molecule has 1 saturated heterocycles. The molecule has 1 N–H and O–H groups in total. The summed E-state index contributed by atoms with van der Waals surface area (Å²) in [5, 5.41) is 3.56. The Bertz CT molecular complexity index is 433. The first kappa shape index (κ1) is 11.8. The highest BCUT2D eigenvalue weighted by Gasteiger charge is 2.19. The van der Waals surface area contributed by atoms with Crippen LogP contribution in [0.5, 0.6) is 0 Å². The number of nitrogens with zero attached hydrogens (tertiary/aromatic N) is 1. The molecule has 0 amide bonds. The van der Waals surface area contributed by atoms with Crippen molar-refractivity contribution >= 4 is 11.4 Å². The molecule has 1 aromatic rings. The van der Waals surface area contributed by atoms with Crippen molar-refractivity contribution in [3.8, 4) is 0 Å². The first-order chi connectivity index (χ1) is 8.72. The van der Waals surface area contributed by atoms with Gasteiger partial charge in [-0.05, 0) is 50.5 Å². The van der Waals surface area contributed by atoms with Crippen LogP contribution < -0.4 is 10.2 Å². The van der Waals surface area contributed by atoms with E-state index in [1.807, 2.05) is 0 Å². The maximum Gasteiger partial charge on any atom is 0.0722 e. The summed E-state index contributed by atoms with van der Waals surface area (Å²) in [6, 6.07) is 7.43. The van der Waals surface area contributed by atoms with E-state index in [9.17, 15) is 0 Å². The van der Waals surface area contributed by atoms with Crippen LogP contribution in [-0.2, 0) is 11.2 Å². The predicted molar refractivity (Wildman–Crippen MR) is 75.5 cm³/mol. The van der Waals surface area contributed by atoms with Crippen molar-refractivity contribution in [1.82, 2.24) is 0 Å². The largest absolute Gasteiger partial charge is 0.382 e. The molecule has 0 radical (unpaired) electrons. The lowest BCUT2D eigenvalue weighted by molar-refractivity contribution is 0.0532. The van der Waals surface area contributed by atoms with E-state index in [0.29, 0.717) is 12.1 Å². The second-order valence-electron chi connectivity index (χ2n) is 5.55. The van der Waals surface area contributed by atoms with Crippen LogP contribution in [-0.4, -0.2) is 31.8 Å². The Balaban J connectivity index is 1.81. The zero-order valence-corrected chi connectivity index (χ0v) is 11.3. The van der Waals surface area contributed by atoms with Crippen LogP contribution in [0.15, 0.2) is 18.2 Å². The first-order valence-electron chi connectivity index (χ1n) is 6.98. The molecular weight excluding hydrogens is 224 g/mol. The van der Waals surface area contributed by atoms with Crippen molar-refractivity contribution in [1.29, 1.82) is 0 Å². The number of nitrogens with one attached hydrogen (secondary N) is 1. The highest BCUT2D eigenvalue weighted by molar-refractivity contribution is 5.62. The average molecular weight is 246 g/mol. The number of ether oxygens (including phenoxy) is 1. The van der Waals surface area contributed by atoms with Gasteiger partial charge in [-0.3, -0.25) is 0 Å². The van der Waals surface area contributed by atoms with Gasteiger partial charge in [-0.15, -0.1) is 0 Å². The standard InChI is InChI=1S/C15H22N2O/c1-11-3-4-13-9-14(5-6-15(13)16-11)17-7-8-18-12(2)10-17/h5-6,9,11-12,16H,3-4,7-8,10H2,1-2H3. The van der Waals surface area contributed by atoms with Gasteiger partial charge >= 0.3 is 0 Å². The van der Waals surface area contributed by atoms with E-state index in [0.717, 1.165) is 19.7 Å². The van der Waals surface area contributed by atoms with E-state index < -0.39 is 0 Å². The third-order valence-corrected chi connectivity index (χ3v) is 3.94. The second kappa shape index (κ2) is 4.81. The Hall–Kier alpha value is -1.22. The number of benzene rings is 1. The summed E-state index contributed by atoms with van der Waals surface area (Å²) in [5.41, 5.74) is 4.13. The van der Waals surface area contributed by atoms with E-state index in [4.69, 9.17) is 4.74 Å². The van der Waals surface area contributed by atoms with Gasteiger partial charge < -0.3 is 15.0 Å². The molecule has 18 heavy (non-hydrogen) atoms. The summed E-state index contributed by atoms with van der Waals surface area (Å²) in [4.78, 5) is 2.44. The molecule has 3 rings (SSSR count). The van der Waals surface area contributed by atoms with Gasteiger partial charge in [0.2, 0.25) is 0 Å². The van der Waals surface area contributed by atoms with Crippen LogP contribution in [0.2, 0.25) is 0 Å². The lowest BCUT2D eigenvalue weighted by Gasteiger charge is -2.34. The van der Waals surface area contributed by atoms with Gasteiger partial charge in [0.15, 0.2) is 0 Å². The second-order valence-corrected chi connectivity index (χ2v) is 5.55. The van der Waals surface area contributed by atoms with Crippen LogP contribution in [0.1, 0.15) is 25.8 Å². The molecule has 2 aliphatic heterocycles. The molecule has 1 fully saturated rings. The van der Waals surface area contributed by atoms with Crippen molar-refractivity contribution in [2.45, 2.75) is 38.8 Å². The maximum atomic E-state index is 5.60. The van der Waals surface area contributed by atoms with Crippen LogP contribution in [0.25, 0.3) is 0 Å². The quantitative estimate of drug-likeness (QED) is 0.824. The molecule has 0 bridgehead atoms. The van der Waals surface area contributed by atoms with Gasteiger partial charge in [0.05, 0.1) is 12.7 Å². The van der Waals surface area contributed by atoms with E-state index in [1.54, 1.807) is 0 Å². The summed E-state index contributed by atoms with van der Waals surface area (Å²) >= 11 is 0. The van der Waals surface area contributed by atoms with Gasteiger partial charge in [0.1, 0.15) is 0 Å². The molecule has 98 valence electrons. The molecule has 2 aliphatic rings. The fourth-order valence-corrected chi connectivity index (χ4v) is 2.89. The number of anilines is 2. The SMILES string of the molecule is CC1CCc2cc(N3CCOC(C)C3)ccc2N1. The molecule has 2 heterocycles. The maximum absolute atomic E-state index is 5.60. The molecule has 0 aromatic heterocycles. The third kappa shape index (κ3) is 2.32. The Morgan fingerprint density at radius 2 is 2.22 bits per heavy atom. The number of hydrogen-bond acceptors (Lipinski definition) is 3. The van der Waals surface area contributed by atoms with Gasteiger partial charge in [-0.2, -0.15) is 0 Å². The average Bonchev–Trinajstić information content (AvgIpc) is 2.38. The number of morpholine rings is 1. The van der Waals surface area contributed by atoms with Gasteiger partial charge in [-0.1, -0.05) is 0 Å². The summed E-state index contributed by atoms with van der Waals surface area (Å²) in [5.74, 6) is 0. The summed E-state index contributed by atoms with van der Waals surface area (Å²) < 4.78 is 5.60. The van der Waals surface area contributed by atoms with Crippen molar-refractivity contribution in [3.05, 3.63) is 23.8 Å². The van der Waals surface area contributed by atoms with E-state index >= 15 is 0 Å². The van der Waals surface area contributed by atoms with E-state index in [2.05, 4.69) is 42.3 Å². The molecule has 0 spiro atoms. The fourth-order valence-electron chi connectivity index (χ4n) is 2.89. The van der Waals surface area contributed by atoms with Crippen LogP contribution >= 0.6 is 0 Å². The molecule has 0 saturated carbocycles. The normalized spacial score (nSPS) is 27.6. The minimum absolute atomic E-state index is 0.341. The third-order valence-electron chi connectivity index (χ3n) is 3.94.